The Balaban J connectivity index is 2.36. The van der Waals surface area contributed by atoms with Crippen molar-refractivity contribution in [1.82, 2.24) is 0 Å². The van der Waals surface area contributed by atoms with E-state index in [1.807, 2.05) is 0 Å². The zero-order valence-electron chi connectivity index (χ0n) is 13.3. The molecule has 1 saturated carbocycles. The van der Waals surface area contributed by atoms with Crippen molar-refractivity contribution >= 4 is 0 Å². The van der Waals surface area contributed by atoms with Crippen LogP contribution >= 0.6 is 0 Å². The second-order valence-corrected chi connectivity index (χ2v) is 6.51. The molecular formula is C17H25FO3. The Morgan fingerprint density at radius 2 is 1.81 bits per heavy atom. The van der Waals surface area contributed by atoms with E-state index in [2.05, 4.69) is 13.8 Å². The first-order chi connectivity index (χ1) is 9.90. The summed E-state index contributed by atoms with van der Waals surface area (Å²) in [6.07, 6.45) is 3.41. The number of hydrogen-bond donors (Lipinski definition) is 1. The summed E-state index contributed by atoms with van der Waals surface area (Å²) in [5, 5.41) is 10.7. The van der Waals surface area contributed by atoms with Crippen LogP contribution in [0.2, 0.25) is 0 Å². The molecule has 0 amide bonds. The maximum atomic E-state index is 14.3. The van der Waals surface area contributed by atoms with Crippen molar-refractivity contribution in [3.8, 4) is 11.5 Å². The van der Waals surface area contributed by atoms with E-state index >= 15 is 0 Å². The Hall–Kier alpha value is -1.29. The van der Waals surface area contributed by atoms with Crippen LogP contribution in [0.1, 0.15) is 51.2 Å². The number of benzene rings is 1. The van der Waals surface area contributed by atoms with Crippen molar-refractivity contribution in [1.29, 1.82) is 0 Å². The molecule has 0 saturated heterocycles. The van der Waals surface area contributed by atoms with Crippen molar-refractivity contribution < 1.29 is 19.0 Å². The van der Waals surface area contributed by atoms with Crippen LogP contribution in [0.3, 0.4) is 0 Å². The lowest BCUT2D eigenvalue weighted by molar-refractivity contribution is 0.00185. The van der Waals surface area contributed by atoms with Gasteiger partial charge in [-0.2, -0.15) is 0 Å². The molecule has 0 aromatic heterocycles. The van der Waals surface area contributed by atoms with Gasteiger partial charge in [-0.1, -0.05) is 26.7 Å². The fourth-order valence-electron chi connectivity index (χ4n) is 3.42. The van der Waals surface area contributed by atoms with E-state index in [9.17, 15) is 9.50 Å². The summed E-state index contributed by atoms with van der Waals surface area (Å²) in [4.78, 5) is 0. The van der Waals surface area contributed by atoms with Crippen LogP contribution < -0.4 is 9.47 Å². The fraction of sp³-hybridized carbons (Fsp3) is 0.647. The van der Waals surface area contributed by atoms with Gasteiger partial charge in [0.15, 0.2) is 11.5 Å². The largest absolute Gasteiger partial charge is 0.493 e. The van der Waals surface area contributed by atoms with Crippen molar-refractivity contribution in [3.63, 3.8) is 0 Å². The molecule has 1 aromatic rings. The van der Waals surface area contributed by atoms with Crippen molar-refractivity contribution in [3.05, 3.63) is 23.5 Å². The predicted octanol–water partition coefficient (Wildman–Crippen LogP) is 4.09. The second kappa shape index (κ2) is 6.22. The summed E-state index contributed by atoms with van der Waals surface area (Å²) >= 11 is 0. The zero-order valence-corrected chi connectivity index (χ0v) is 13.3. The lowest BCUT2D eigenvalue weighted by Gasteiger charge is -2.41. The Morgan fingerprint density at radius 3 is 2.38 bits per heavy atom. The third-order valence-corrected chi connectivity index (χ3v) is 4.79. The Kier molecular flexibility index (Phi) is 4.77. The van der Waals surface area contributed by atoms with Gasteiger partial charge in [-0.3, -0.25) is 0 Å². The molecule has 0 radical (unpaired) electrons. The molecule has 0 spiro atoms. The molecule has 2 unspecified atom stereocenters. The summed E-state index contributed by atoms with van der Waals surface area (Å²) in [7, 11) is 2.98. The number of ether oxygens (including phenoxy) is 2. The minimum absolute atomic E-state index is 0.0112. The molecule has 2 atom stereocenters. The zero-order chi connectivity index (χ0) is 15.6. The Morgan fingerprint density at radius 1 is 1.19 bits per heavy atom. The van der Waals surface area contributed by atoms with Gasteiger partial charge < -0.3 is 14.6 Å². The van der Waals surface area contributed by atoms with Gasteiger partial charge in [0.2, 0.25) is 0 Å². The van der Waals surface area contributed by atoms with E-state index in [0.717, 1.165) is 19.3 Å². The molecule has 4 heteroatoms. The van der Waals surface area contributed by atoms with Gasteiger partial charge in [0, 0.05) is 11.6 Å². The second-order valence-electron chi connectivity index (χ2n) is 6.51. The van der Waals surface area contributed by atoms with E-state index in [-0.39, 0.29) is 11.3 Å². The molecule has 0 bridgehead atoms. The van der Waals surface area contributed by atoms with E-state index in [0.29, 0.717) is 17.1 Å². The first-order valence-corrected chi connectivity index (χ1v) is 7.50. The smallest absolute Gasteiger partial charge is 0.163 e. The molecule has 3 nitrogen and oxygen atoms in total. The highest BCUT2D eigenvalue weighted by Gasteiger charge is 2.38. The fourth-order valence-corrected chi connectivity index (χ4v) is 3.42. The maximum absolute atomic E-state index is 14.3. The highest BCUT2D eigenvalue weighted by Crippen LogP contribution is 2.48. The van der Waals surface area contributed by atoms with E-state index in [1.165, 1.54) is 26.7 Å². The van der Waals surface area contributed by atoms with E-state index < -0.39 is 11.9 Å². The topological polar surface area (TPSA) is 38.7 Å². The van der Waals surface area contributed by atoms with E-state index in [1.54, 1.807) is 6.07 Å². The number of aliphatic hydroxyl groups excluding tert-OH is 1. The Bertz CT molecular complexity index is 499. The summed E-state index contributed by atoms with van der Waals surface area (Å²) in [5.41, 5.74) is 0.310. The third kappa shape index (κ3) is 3.15. The average molecular weight is 296 g/mol. The molecule has 0 aliphatic heterocycles. The molecule has 1 fully saturated rings. The maximum Gasteiger partial charge on any atom is 0.163 e. The molecule has 1 N–H and O–H groups in total. The minimum Gasteiger partial charge on any atom is -0.493 e. The number of methoxy groups -OCH3 is 2. The van der Waals surface area contributed by atoms with Crippen LogP contribution in [0.15, 0.2) is 12.1 Å². The summed E-state index contributed by atoms with van der Waals surface area (Å²) in [5.74, 6) is 0.399. The van der Waals surface area contributed by atoms with Crippen LogP contribution in [0.25, 0.3) is 0 Å². The highest BCUT2D eigenvalue weighted by atomic mass is 19.1. The van der Waals surface area contributed by atoms with Crippen LogP contribution in [0.5, 0.6) is 11.5 Å². The molecular weight excluding hydrogens is 271 g/mol. The quantitative estimate of drug-likeness (QED) is 0.909. The number of halogens is 1. The molecule has 1 aliphatic rings. The molecule has 118 valence electrons. The normalized spacial score (nSPS) is 22.7. The number of hydrogen-bond acceptors (Lipinski definition) is 3. The summed E-state index contributed by atoms with van der Waals surface area (Å²) in [6.45, 7) is 4.30. The third-order valence-electron chi connectivity index (χ3n) is 4.79. The van der Waals surface area contributed by atoms with Gasteiger partial charge in [0.25, 0.3) is 0 Å². The van der Waals surface area contributed by atoms with Crippen molar-refractivity contribution in [2.24, 2.45) is 11.3 Å². The first kappa shape index (κ1) is 16.1. The predicted molar refractivity (Wildman–Crippen MR) is 80.2 cm³/mol. The van der Waals surface area contributed by atoms with Gasteiger partial charge in [0.05, 0.1) is 20.3 Å². The van der Waals surface area contributed by atoms with Crippen LogP contribution in [0.4, 0.5) is 4.39 Å². The average Bonchev–Trinajstić information content (AvgIpc) is 2.45. The lowest BCUT2D eigenvalue weighted by Crippen LogP contribution is -2.33. The number of aliphatic hydroxyl groups is 1. The SMILES string of the molecule is COc1cc(F)c(C(O)C2CCCCC2(C)C)cc1OC. The number of rotatable bonds is 4. The standard InChI is InChI=1S/C17H25FO3/c1-17(2)8-6-5-7-12(17)16(19)11-9-14(20-3)15(21-4)10-13(11)18/h9-10,12,16,19H,5-8H2,1-4H3. The summed E-state index contributed by atoms with van der Waals surface area (Å²) in [6, 6.07) is 2.84. The van der Waals surface area contributed by atoms with Gasteiger partial charge in [-0.05, 0) is 30.2 Å². The summed E-state index contributed by atoms with van der Waals surface area (Å²) < 4.78 is 24.6. The van der Waals surface area contributed by atoms with Crippen LogP contribution in [-0.2, 0) is 0 Å². The van der Waals surface area contributed by atoms with Gasteiger partial charge in [-0.15, -0.1) is 0 Å². The van der Waals surface area contributed by atoms with Gasteiger partial charge >= 0.3 is 0 Å². The molecule has 1 aromatic carbocycles. The molecule has 2 rings (SSSR count). The van der Waals surface area contributed by atoms with Crippen molar-refractivity contribution in [2.45, 2.75) is 45.6 Å². The van der Waals surface area contributed by atoms with Gasteiger partial charge in [-0.25, -0.2) is 4.39 Å². The first-order valence-electron chi connectivity index (χ1n) is 7.50. The highest BCUT2D eigenvalue weighted by molar-refractivity contribution is 5.44. The molecule has 21 heavy (non-hydrogen) atoms. The molecule has 1 aliphatic carbocycles. The Labute approximate surface area is 126 Å². The van der Waals surface area contributed by atoms with Crippen LogP contribution in [-0.4, -0.2) is 19.3 Å². The lowest BCUT2D eigenvalue weighted by atomic mass is 9.65. The van der Waals surface area contributed by atoms with Crippen molar-refractivity contribution in [2.75, 3.05) is 14.2 Å². The van der Waals surface area contributed by atoms with Gasteiger partial charge in [0.1, 0.15) is 5.82 Å². The monoisotopic (exact) mass is 296 g/mol. The van der Waals surface area contributed by atoms with Crippen LogP contribution in [0, 0.1) is 17.2 Å². The minimum atomic E-state index is -0.819. The van der Waals surface area contributed by atoms with E-state index in [4.69, 9.17) is 9.47 Å². The molecule has 0 heterocycles.